The van der Waals surface area contributed by atoms with Gasteiger partial charge >= 0.3 is 0 Å². The summed E-state index contributed by atoms with van der Waals surface area (Å²) in [5, 5.41) is 3.19. The molecule has 1 amide bonds. The number of amides is 1. The molecule has 0 spiro atoms. The van der Waals surface area contributed by atoms with Gasteiger partial charge in [-0.05, 0) is 26.2 Å². The van der Waals surface area contributed by atoms with Crippen LogP contribution in [0, 0.1) is 0 Å². The largest absolute Gasteiger partial charge is 0.352 e. The minimum atomic E-state index is -0.0227. The molecule has 2 rings (SSSR count). The van der Waals surface area contributed by atoms with Crippen LogP contribution in [0.15, 0.2) is 0 Å². The average Bonchev–Trinajstić information content (AvgIpc) is 2.76. The fourth-order valence-electron chi connectivity index (χ4n) is 2.90. The Labute approximate surface area is 116 Å². The van der Waals surface area contributed by atoms with E-state index in [9.17, 15) is 4.79 Å². The lowest BCUT2D eigenvalue weighted by Gasteiger charge is -2.28. The number of hydrogen-bond acceptors (Lipinski definition) is 3. The zero-order valence-corrected chi connectivity index (χ0v) is 12.0. The number of carbonyl (C=O) groups excluding carboxylic acids is 1. The van der Waals surface area contributed by atoms with Crippen LogP contribution in [0.25, 0.3) is 0 Å². The summed E-state index contributed by atoms with van der Waals surface area (Å²) < 4.78 is 0. The molecule has 0 aromatic rings. The number of nitrogens with zero attached hydrogens (tertiary/aromatic N) is 1. The van der Waals surface area contributed by atoms with Crippen LogP contribution >= 0.6 is 12.4 Å². The van der Waals surface area contributed by atoms with E-state index in [-0.39, 0.29) is 30.4 Å². The molecule has 0 aromatic heterocycles. The quantitative estimate of drug-likeness (QED) is 0.816. The number of carbonyl (C=O) groups is 1. The van der Waals surface area contributed by atoms with Crippen LogP contribution in [0.2, 0.25) is 0 Å². The minimum Gasteiger partial charge on any atom is -0.352 e. The molecule has 5 heteroatoms. The Morgan fingerprint density at radius 3 is 2.50 bits per heavy atom. The first-order valence-corrected chi connectivity index (χ1v) is 6.97. The Kier molecular flexibility index (Phi) is 6.39. The van der Waals surface area contributed by atoms with Gasteiger partial charge in [0.25, 0.3) is 0 Å². The molecule has 4 nitrogen and oxygen atoms in total. The lowest BCUT2D eigenvalue weighted by Crippen LogP contribution is -2.48. The third kappa shape index (κ3) is 4.11. The Bertz CT molecular complexity index is 269. The van der Waals surface area contributed by atoms with Crippen LogP contribution in [0.5, 0.6) is 0 Å². The van der Waals surface area contributed by atoms with E-state index in [2.05, 4.69) is 10.2 Å². The van der Waals surface area contributed by atoms with E-state index in [1.165, 1.54) is 19.3 Å². The van der Waals surface area contributed by atoms with Gasteiger partial charge in [0, 0.05) is 25.2 Å². The van der Waals surface area contributed by atoms with Crippen molar-refractivity contribution in [1.82, 2.24) is 10.2 Å². The van der Waals surface area contributed by atoms with Crippen LogP contribution in [0.1, 0.15) is 45.4 Å². The van der Waals surface area contributed by atoms with Crippen molar-refractivity contribution in [3.05, 3.63) is 0 Å². The second-order valence-corrected chi connectivity index (χ2v) is 5.56. The molecule has 0 aromatic carbocycles. The molecule has 2 fully saturated rings. The van der Waals surface area contributed by atoms with Crippen LogP contribution in [0.3, 0.4) is 0 Å². The van der Waals surface area contributed by atoms with Crippen molar-refractivity contribution in [1.29, 1.82) is 0 Å². The van der Waals surface area contributed by atoms with Crippen LogP contribution < -0.4 is 11.1 Å². The SMILES string of the molecule is CC(C(=O)NC1CCCCC1)N1CCC(N)C1.Cl. The molecule has 2 unspecified atom stereocenters. The molecule has 1 saturated heterocycles. The fraction of sp³-hybridized carbons (Fsp3) is 0.923. The van der Waals surface area contributed by atoms with Gasteiger partial charge < -0.3 is 11.1 Å². The highest BCUT2D eigenvalue weighted by atomic mass is 35.5. The molecule has 106 valence electrons. The maximum atomic E-state index is 12.1. The van der Waals surface area contributed by atoms with E-state index in [4.69, 9.17) is 5.73 Å². The fourth-order valence-corrected chi connectivity index (χ4v) is 2.90. The molecular formula is C13H26ClN3O. The summed E-state index contributed by atoms with van der Waals surface area (Å²) in [5.41, 5.74) is 5.87. The number of halogens is 1. The first kappa shape index (κ1) is 15.7. The van der Waals surface area contributed by atoms with Crippen molar-refractivity contribution < 1.29 is 4.79 Å². The first-order valence-electron chi connectivity index (χ1n) is 6.97. The summed E-state index contributed by atoms with van der Waals surface area (Å²) in [6.45, 7) is 3.82. The van der Waals surface area contributed by atoms with Gasteiger partial charge in [0.05, 0.1) is 6.04 Å². The van der Waals surface area contributed by atoms with Gasteiger partial charge in [-0.3, -0.25) is 9.69 Å². The van der Waals surface area contributed by atoms with Crippen molar-refractivity contribution in [3.63, 3.8) is 0 Å². The van der Waals surface area contributed by atoms with E-state index in [1.54, 1.807) is 0 Å². The van der Waals surface area contributed by atoms with E-state index in [0.717, 1.165) is 32.4 Å². The number of nitrogens with two attached hydrogens (primary N) is 1. The van der Waals surface area contributed by atoms with Gasteiger partial charge in [0.1, 0.15) is 0 Å². The van der Waals surface area contributed by atoms with Crippen molar-refractivity contribution in [2.75, 3.05) is 13.1 Å². The van der Waals surface area contributed by atoms with Gasteiger partial charge in [0.2, 0.25) is 5.91 Å². The molecule has 18 heavy (non-hydrogen) atoms. The normalized spacial score (nSPS) is 27.6. The van der Waals surface area contributed by atoms with E-state index in [0.29, 0.717) is 6.04 Å². The minimum absolute atomic E-state index is 0. The summed E-state index contributed by atoms with van der Waals surface area (Å²) >= 11 is 0. The van der Waals surface area contributed by atoms with Crippen LogP contribution in [-0.2, 0) is 4.79 Å². The van der Waals surface area contributed by atoms with Gasteiger partial charge in [-0.25, -0.2) is 0 Å². The summed E-state index contributed by atoms with van der Waals surface area (Å²) in [7, 11) is 0. The molecule has 3 N–H and O–H groups in total. The maximum absolute atomic E-state index is 12.1. The van der Waals surface area contributed by atoms with Crippen LogP contribution in [0.4, 0.5) is 0 Å². The summed E-state index contributed by atoms with van der Waals surface area (Å²) in [6.07, 6.45) is 7.15. The number of nitrogens with one attached hydrogen (secondary N) is 1. The Morgan fingerprint density at radius 1 is 1.28 bits per heavy atom. The summed E-state index contributed by atoms with van der Waals surface area (Å²) in [4.78, 5) is 14.3. The first-order chi connectivity index (χ1) is 8.16. The Balaban J connectivity index is 0.00000162. The highest BCUT2D eigenvalue weighted by Crippen LogP contribution is 2.18. The van der Waals surface area contributed by atoms with Gasteiger partial charge in [0.15, 0.2) is 0 Å². The predicted molar refractivity (Wildman–Crippen MR) is 75.9 cm³/mol. The van der Waals surface area contributed by atoms with Crippen molar-refractivity contribution in [2.24, 2.45) is 5.73 Å². The van der Waals surface area contributed by atoms with Crippen molar-refractivity contribution >= 4 is 18.3 Å². The highest BCUT2D eigenvalue weighted by Gasteiger charge is 2.28. The zero-order valence-electron chi connectivity index (χ0n) is 11.2. The predicted octanol–water partition coefficient (Wildman–Crippen LogP) is 1.28. The molecule has 0 radical (unpaired) electrons. The lowest BCUT2D eigenvalue weighted by atomic mass is 9.95. The Hall–Kier alpha value is -0.320. The van der Waals surface area contributed by atoms with E-state index in [1.807, 2.05) is 6.92 Å². The van der Waals surface area contributed by atoms with Crippen molar-refractivity contribution in [2.45, 2.75) is 63.6 Å². The molecule has 2 aliphatic rings. The third-order valence-electron chi connectivity index (χ3n) is 4.13. The lowest BCUT2D eigenvalue weighted by molar-refractivity contribution is -0.126. The average molecular weight is 276 g/mol. The molecule has 1 aliphatic heterocycles. The van der Waals surface area contributed by atoms with Gasteiger partial charge in [-0.1, -0.05) is 19.3 Å². The summed E-state index contributed by atoms with van der Waals surface area (Å²) in [5.74, 6) is 0.186. The molecule has 1 heterocycles. The molecule has 1 aliphatic carbocycles. The topological polar surface area (TPSA) is 58.4 Å². The van der Waals surface area contributed by atoms with Crippen molar-refractivity contribution in [3.8, 4) is 0 Å². The standard InChI is InChI=1S/C13H25N3O.ClH/c1-10(16-8-7-11(14)9-16)13(17)15-12-5-3-2-4-6-12;/h10-12H,2-9,14H2,1H3,(H,15,17);1H. The number of rotatable bonds is 3. The Morgan fingerprint density at radius 2 is 1.94 bits per heavy atom. The number of hydrogen-bond donors (Lipinski definition) is 2. The third-order valence-corrected chi connectivity index (χ3v) is 4.13. The second kappa shape index (κ2) is 7.31. The van der Waals surface area contributed by atoms with Gasteiger partial charge in [-0.15, -0.1) is 12.4 Å². The second-order valence-electron chi connectivity index (χ2n) is 5.56. The van der Waals surface area contributed by atoms with Crippen LogP contribution in [-0.4, -0.2) is 42.0 Å². The van der Waals surface area contributed by atoms with Gasteiger partial charge in [-0.2, -0.15) is 0 Å². The monoisotopic (exact) mass is 275 g/mol. The smallest absolute Gasteiger partial charge is 0.237 e. The highest BCUT2D eigenvalue weighted by molar-refractivity contribution is 5.85. The maximum Gasteiger partial charge on any atom is 0.237 e. The molecule has 1 saturated carbocycles. The summed E-state index contributed by atoms with van der Waals surface area (Å²) in [6, 6.07) is 0.639. The zero-order chi connectivity index (χ0) is 12.3. The van der Waals surface area contributed by atoms with E-state index >= 15 is 0 Å². The van der Waals surface area contributed by atoms with E-state index < -0.39 is 0 Å². The molecular weight excluding hydrogens is 250 g/mol. The number of likely N-dealkylation sites (tertiary alicyclic amines) is 1. The molecule has 2 atom stereocenters. The molecule has 0 bridgehead atoms.